The lowest BCUT2D eigenvalue weighted by molar-refractivity contribution is -0.168. The molecule has 5 aliphatic carbocycles. The highest BCUT2D eigenvalue weighted by Gasteiger charge is 2.81. The van der Waals surface area contributed by atoms with Crippen LogP contribution in [0, 0.1) is 45.8 Å². The van der Waals surface area contributed by atoms with Gasteiger partial charge in [0.2, 0.25) is 0 Å². The number of carbonyl (C=O) groups excluding carboxylic acids is 2. The number of epoxide rings is 1. The third-order valence-electron chi connectivity index (χ3n) is 10.4. The zero-order chi connectivity index (χ0) is 21.4. The van der Waals surface area contributed by atoms with Gasteiger partial charge in [-0.2, -0.15) is 0 Å². The zero-order valence-electron chi connectivity index (χ0n) is 18.9. The fourth-order valence-corrected chi connectivity index (χ4v) is 9.24. The number of ketones is 1. The molecule has 5 unspecified atom stereocenters. The standard InChI is InChI=1S/C25H35ClO4/c1-22(2,3)21(28)29-12-6-9-24(5)15-7-8-23(4)17(13-10-14(13)19(23)27)16(15)18(26)20-25(24,11-12)30-20/h12-18,20H,6-11H2,1-5H3/t12-,13?,14?,15?,16?,17?,18-,20+,23-,24+,25+/m0/s1. The Hall–Kier alpha value is -0.610. The number of hydrogen-bond donors (Lipinski definition) is 0. The molecule has 1 heterocycles. The summed E-state index contributed by atoms with van der Waals surface area (Å²) in [6, 6.07) is 0. The molecular weight excluding hydrogens is 400 g/mol. The molecule has 0 aromatic heterocycles. The number of halogens is 1. The minimum Gasteiger partial charge on any atom is -0.462 e. The maximum absolute atomic E-state index is 13.0. The molecule has 0 aromatic rings. The molecule has 6 fully saturated rings. The van der Waals surface area contributed by atoms with Crippen molar-refractivity contribution >= 4 is 23.4 Å². The zero-order valence-corrected chi connectivity index (χ0v) is 19.6. The molecule has 0 amide bonds. The van der Waals surface area contributed by atoms with E-state index in [1.807, 2.05) is 20.8 Å². The molecule has 166 valence electrons. The van der Waals surface area contributed by atoms with Gasteiger partial charge in [-0.15, -0.1) is 11.6 Å². The minimum absolute atomic E-state index is 0.0306. The van der Waals surface area contributed by atoms with E-state index in [4.69, 9.17) is 21.1 Å². The maximum Gasteiger partial charge on any atom is 0.311 e. The van der Waals surface area contributed by atoms with Crippen LogP contribution in [0.1, 0.15) is 73.1 Å². The lowest BCUT2D eigenvalue weighted by Gasteiger charge is -2.60. The first-order valence-corrected chi connectivity index (χ1v) is 12.4. The van der Waals surface area contributed by atoms with Crippen LogP contribution in [-0.2, 0) is 19.1 Å². The third kappa shape index (κ3) is 2.23. The van der Waals surface area contributed by atoms with Crippen molar-refractivity contribution in [2.45, 2.75) is 96.3 Å². The molecule has 6 aliphatic rings. The summed E-state index contributed by atoms with van der Waals surface area (Å²) in [5.74, 6) is 2.60. The summed E-state index contributed by atoms with van der Waals surface area (Å²) in [6.07, 6.45) is 5.82. The van der Waals surface area contributed by atoms with Gasteiger partial charge in [-0.3, -0.25) is 9.59 Å². The molecule has 1 saturated heterocycles. The van der Waals surface area contributed by atoms with E-state index >= 15 is 0 Å². The second-order valence-corrected chi connectivity index (χ2v) is 13.3. The molecule has 5 heteroatoms. The molecule has 5 saturated carbocycles. The molecule has 1 spiro atoms. The van der Waals surface area contributed by atoms with Crippen molar-refractivity contribution in [1.29, 1.82) is 0 Å². The van der Waals surface area contributed by atoms with Gasteiger partial charge in [0.15, 0.2) is 0 Å². The van der Waals surface area contributed by atoms with Gasteiger partial charge < -0.3 is 9.47 Å². The van der Waals surface area contributed by atoms with E-state index in [9.17, 15) is 9.59 Å². The maximum atomic E-state index is 13.0. The van der Waals surface area contributed by atoms with Crippen LogP contribution < -0.4 is 0 Å². The summed E-state index contributed by atoms with van der Waals surface area (Å²) in [6.45, 7) is 10.4. The Morgan fingerprint density at radius 1 is 1.20 bits per heavy atom. The van der Waals surface area contributed by atoms with E-state index in [-0.39, 0.29) is 40.0 Å². The second kappa shape index (κ2) is 5.65. The van der Waals surface area contributed by atoms with Gasteiger partial charge in [-0.25, -0.2) is 0 Å². The van der Waals surface area contributed by atoms with Gasteiger partial charge in [0.1, 0.15) is 23.6 Å². The highest BCUT2D eigenvalue weighted by molar-refractivity contribution is 6.21. The molecule has 30 heavy (non-hydrogen) atoms. The van der Waals surface area contributed by atoms with E-state index in [0.717, 1.165) is 38.5 Å². The monoisotopic (exact) mass is 434 g/mol. The average Bonchev–Trinajstić information content (AvgIpc) is 3.56. The van der Waals surface area contributed by atoms with Crippen molar-refractivity contribution in [2.24, 2.45) is 45.8 Å². The van der Waals surface area contributed by atoms with E-state index in [1.54, 1.807) is 0 Å². The molecule has 0 bridgehead atoms. The number of fused-ring (bicyclic) bond motifs is 6. The normalized spacial score (nSPS) is 58.0. The first-order valence-electron chi connectivity index (χ1n) is 12.0. The Labute approximate surface area is 184 Å². The average molecular weight is 435 g/mol. The van der Waals surface area contributed by atoms with Gasteiger partial charge in [0.05, 0.1) is 10.8 Å². The lowest BCUT2D eigenvalue weighted by atomic mass is 9.44. The first-order chi connectivity index (χ1) is 13.9. The molecular formula is C25H35ClO4. The van der Waals surface area contributed by atoms with Crippen LogP contribution in [0.5, 0.6) is 0 Å². The van der Waals surface area contributed by atoms with Crippen LogP contribution in [0.4, 0.5) is 0 Å². The van der Waals surface area contributed by atoms with Crippen molar-refractivity contribution in [3.63, 3.8) is 0 Å². The molecule has 1 aliphatic heterocycles. The lowest BCUT2D eigenvalue weighted by Crippen LogP contribution is -2.62. The summed E-state index contributed by atoms with van der Waals surface area (Å²) in [5.41, 5.74) is -0.832. The molecule has 11 atom stereocenters. The van der Waals surface area contributed by atoms with Crippen LogP contribution in [0.25, 0.3) is 0 Å². The van der Waals surface area contributed by atoms with Crippen LogP contribution in [0.15, 0.2) is 0 Å². The van der Waals surface area contributed by atoms with E-state index < -0.39 is 5.41 Å². The van der Waals surface area contributed by atoms with Gasteiger partial charge in [-0.05, 0) is 76.5 Å². The Bertz CT molecular complexity index is 833. The van der Waals surface area contributed by atoms with E-state index in [1.165, 1.54) is 0 Å². The third-order valence-corrected chi connectivity index (χ3v) is 10.9. The Morgan fingerprint density at radius 3 is 2.63 bits per heavy atom. The van der Waals surface area contributed by atoms with Crippen LogP contribution in [0.3, 0.4) is 0 Å². The number of carbonyl (C=O) groups is 2. The first kappa shape index (κ1) is 20.0. The van der Waals surface area contributed by atoms with Gasteiger partial charge in [-0.1, -0.05) is 13.8 Å². The van der Waals surface area contributed by atoms with E-state index in [0.29, 0.717) is 35.4 Å². The number of Topliss-reactive ketones (excluding diaryl/α,β-unsaturated/α-hetero) is 1. The van der Waals surface area contributed by atoms with Crippen LogP contribution in [-0.4, -0.2) is 34.9 Å². The summed E-state index contributed by atoms with van der Waals surface area (Å²) >= 11 is 7.20. The molecule has 0 aromatic carbocycles. The smallest absolute Gasteiger partial charge is 0.311 e. The summed E-state index contributed by atoms with van der Waals surface area (Å²) in [4.78, 5) is 25.5. The highest BCUT2D eigenvalue weighted by Crippen LogP contribution is 2.77. The number of esters is 1. The Kier molecular flexibility index (Phi) is 3.77. The fourth-order valence-electron chi connectivity index (χ4n) is 8.65. The molecule has 4 nitrogen and oxygen atoms in total. The van der Waals surface area contributed by atoms with Crippen molar-refractivity contribution < 1.29 is 19.1 Å². The molecule has 0 radical (unpaired) electrons. The van der Waals surface area contributed by atoms with Crippen molar-refractivity contribution in [1.82, 2.24) is 0 Å². The van der Waals surface area contributed by atoms with Gasteiger partial charge >= 0.3 is 5.97 Å². The predicted molar refractivity (Wildman–Crippen MR) is 113 cm³/mol. The molecule has 0 N–H and O–H groups in total. The second-order valence-electron chi connectivity index (χ2n) is 12.8. The quantitative estimate of drug-likeness (QED) is 0.339. The van der Waals surface area contributed by atoms with Crippen LogP contribution >= 0.6 is 11.6 Å². The predicted octanol–water partition coefficient (Wildman–Crippen LogP) is 4.76. The topological polar surface area (TPSA) is 55.9 Å². The highest BCUT2D eigenvalue weighted by atomic mass is 35.5. The summed E-state index contributed by atoms with van der Waals surface area (Å²) < 4.78 is 12.5. The minimum atomic E-state index is -0.488. The Morgan fingerprint density at radius 2 is 1.93 bits per heavy atom. The molecule has 6 rings (SSSR count). The SMILES string of the molecule is CC(C)(C)C(=O)O[C@H]1CC[C@]2(C)C3CC[C@]4(C)C(=O)C5CC5C4C3[C@H](Cl)[C@H]3O[C@]32C1. The number of ether oxygens (including phenoxy) is 2. The van der Waals surface area contributed by atoms with Gasteiger partial charge in [0, 0.05) is 23.2 Å². The van der Waals surface area contributed by atoms with Crippen molar-refractivity contribution in [3.8, 4) is 0 Å². The van der Waals surface area contributed by atoms with Crippen LogP contribution in [0.2, 0.25) is 0 Å². The summed E-state index contributed by atoms with van der Waals surface area (Å²) in [5, 5.41) is -0.0306. The van der Waals surface area contributed by atoms with E-state index in [2.05, 4.69) is 13.8 Å². The Balaban J connectivity index is 1.29. The van der Waals surface area contributed by atoms with Crippen molar-refractivity contribution in [2.75, 3.05) is 0 Å². The number of rotatable bonds is 1. The van der Waals surface area contributed by atoms with Gasteiger partial charge in [0.25, 0.3) is 0 Å². The van der Waals surface area contributed by atoms with Crippen molar-refractivity contribution in [3.05, 3.63) is 0 Å². The number of alkyl halides is 1. The summed E-state index contributed by atoms with van der Waals surface area (Å²) in [7, 11) is 0. The fraction of sp³-hybridized carbons (Fsp3) is 0.920. The largest absolute Gasteiger partial charge is 0.462 e. The number of hydrogen-bond acceptors (Lipinski definition) is 4.